The number of hydrogen-bond donors (Lipinski definition) is 3. The minimum atomic E-state index is -0.889. The zero-order valence-electron chi connectivity index (χ0n) is 11.9. The molecule has 0 aromatic heterocycles. The van der Waals surface area contributed by atoms with E-state index in [-0.39, 0.29) is 6.04 Å². The molecule has 112 valence electrons. The maximum Gasteiger partial charge on any atom is 0.351 e. The number of hydrazone groups is 1. The molecule has 2 rings (SSSR count). The average Bonchev–Trinajstić information content (AvgIpc) is 2.46. The predicted molar refractivity (Wildman–Crippen MR) is 77.9 cm³/mol. The van der Waals surface area contributed by atoms with Gasteiger partial charge < -0.3 is 5.32 Å². The first-order chi connectivity index (χ1) is 10.0. The van der Waals surface area contributed by atoms with E-state index in [0.717, 1.165) is 15.5 Å². The monoisotopic (exact) mass is 290 g/mol. The van der Waals surface area contributed by atoms with Crippen molar-refractivity contribution in [2.45, 2.75) is 26.2 Å². The van der Waals surface area contributed by atoms with Gasteiger partial charge in [0.1, 0.15) is 0 Å². The molecule has 1 aromatic carbocycles. The van der Waals surface area contributed by atoms with Gasteiger partial charge in [-0.25, -0.2) is 19.9 Å². The summed E-state index contributed by atoms with van der Waals surface area (Å²) in [5.74, 6) is 5.36. The maximum atomic E-state index is 12.3. The quantitative estimate of drug-likeness (QED) is 0.429. The van der Waals surface area contributed by atoms with E-state index in [0.29, 0.717) is 0 Å². The summed E-state index contributed by atoms with van der Waals surface area (Å²) in [6, 6.07) is 7.97. The molecule has 1 unspecified atom stereocenters. The molecule has 0 spiro atoms. The molecule has 0 radical (unpaired) electrons. The highest BCUT2D eigenvalue weighted by Crippen LogP contribution is 2.13. The smallest absolute Gasteiger partial charge is 0.302 e. The summed E-state index contributed by atoms with van der Waals surface area (Å²) in [6.07, 6.45) is 0.637. The summed E-state index contributed by atoms with van der Waals surface area (Å²) in [6.45, 7) is 3.49. The number of carbonyl (C=O) groups excluding carboxylic acids is 2. The first kappa shape index (κ1) is 14.9. The summed E-state index contributed by atoms with van der Waals surface area (Å²) in [5, 5.41) is 7.76. The molecule has 4 N–H and O–H groups in total. The Morgan fingerprint density at radius 1 is 1.33 bits per heavy atom. The highest BCUT2D eigenvalue weighted by Gasteiger charge is 2.39. The number of amides is 4. The van der Waals surface area contributed by atoms with Gasteiger partial charge in [-0.15, -0.1) is 0 Å². The van der Waals surface area contributed by atoms with Gasteiger partial charge in [0, 0.05) is 6.04 Å². The van der Waals surface area contributed by atoms with Crippen molar-refractivity contribution in [1.29, 1.82) is 0 Å². The molecule has 21 heavy (non-hydrogen) atoms. The van der Waals surface area contributed by atoms with Crippen LogP contribution >= 0.6 is 0 Å². The third-order valence-corrected chi connectivity index (χ3v) is 2.93. The number of nitrogens with zero attached hydrogens (tertiary/aromatic N) is 3. The van der Waals surface area contributed by atoms with Gasteiger partial charge in [-0.3, -0.25) is 5.84 Å². The second-order valence-electron chi connectivity index (χ2n) is 4.76. The van der Waals surface area contributed by atoms with Crippen LogP contribution < -0.4 is 16.6 Å². The fourth-order valence-corrected chi connectivity index (χ4v) is 1.91. The minimum absolute atomic E-state index is 0.286. The molecule has 0 aliphatic carbocycles. The fraction of sp³-hybridized carbons (Fsp3) is 0.308. The molecule has 1 fully saturated rings. The van der Waals surface area contributed by atoms with Crippen LogP contribution in [0.3, 0.4) is 0 Å². The molecule has 4 amide bonds. The molecule has 1 aliphatic rings. The van der Waals surface area contributed by atoms with Crippen LogP contribution in [0.1, 0.15) is 19.4 Å². The van der Waals surface area contributed by atoms with Gasteiger partial charge in [-0.1, -0.05) is 30.3 Å². The van der Waals surface area contributed by atoms with E-state index in [2.05, 4.69) is 15.8 Å². The van der Waals surface area contributed by atoms with Crippen LogP contribution in [0.4, 0.5) is 9.59 Å². The molecule has 0 saturated carbocycles. The van der Waals surface area contributed by atoms with Gasteiger partial charge in [-0.05, 0) is 19.4 Å². The van der Waals surface area contributed by atoms with Gasteiger partial charge in [0.15, 0.2) is 6.29 Å². The summed E-state index contributed by atoms with van der Waals surface area (Å²) in [5.41, 5.74) is 3.17. The van der Waals surface area contributed by atoms with Crippen molar-refractivity contribution in [1.82, 2.24) is 20.7 Å². The number of urea groups is 2. The molecule has 1 heterocycles. The predicted octanol–water partition coefficient (Wildman–Crippen LogP) is 0.623. The Morgan fingerprint density at radius 2 is 2.00 bits per heavy atom. The Labute approximate surface area is 122 Å². The third kappa shape index (κ3) is 3.18. The Kier molecular flexibility index (Phi) is 4.51. The van der Waals surface area contributed by atoms with E-state index in [4.69, 9.17) is 5.84 Å². The molecule has 1 aliphatic heterocycles. The highest BCUT2D eigenvalue weighted by atomic mass is 16.2. The third-order valence-electron chi connectivity index (χ3n) is 2.93. The van der Waals surface area contributed by atoms with E-state index >= 15 is 0 Å². The number of imide groups is 1. The molecular formula is C13H18N6O2. The van der Waals surface area contributed by atoms with E-state index in [1.807, 2.05) is 30.3 Å². The molecule has 0 bridgehead atoms. The number of benzene rings is 1. The zero-order chi connectivity index (χ0) is 15.4. The van der Waals surface area contributed by atoms with Crippen molar-refractivity contribution in [3.63, 3.8) is 0 Å². The highest BCUT2D eigenvalue weighted by molar-refractivity contribution is 5.96. The molecule has 8 nitrogen and oxygen atoms in total. The molecule has 1 saturated heterocycles. The molecule has 1 atom stereocenters. The summed E-state index contributed by atoms with van der Waals surface area (Å²) in [4.78, 5) is 25.3. The van der Waals surface area contributed by atoms with Gasteiger partial charge in [-0.2, -0.15) is 10.1 Å². The number of hydrazine groups is 1. The van der Waals surface area contributed by atoms with E-state index in [9.17, 15) is 9.59 Å². The second kappa shape index (κ2) is 6.33. The number of carbonyl (C=O) groups is 2. The van der Waals surface area contributed by atoms with Gasteiger partial charge in [0.25, 0.3) is 0 Å². The SMILES string of the molecule is CC(C)N1C(=O)NC(NN)N(N=Cc2ccccc2)C1=O. The lowest BCUT2D eigenvalue weighted by Gasteiger charge is -2.38. The number of hydrogen-bond acceptors (Lipinski definition) is 5. The van der Waals surface area contributed by atoms with Crippen LogP contribution in [0.5, 0.6) is 0 Å². The standard InChI is InChI=1S/C13H18N6O2/c1-9(2)18-12(20)16-11(17-14)19(13(18)21)15-8-10-6-4-3-5-7-10/h3-9,11,17H,14H2,1-2H3,(H,16,20). The van der Waals surface area contributed by atoms with Crippen LogP contribution in [0.25, 0.3) is 0 Å². The fourth-order valence-electron chi connectivity index (χ4n) is 1.91. The van der Waals surface area contributed by atoms with Crippen molar-refractivity contribution < 1.29 is 9.59 Å². The zero-order valence-corrected chi connectivity index (χ0v) is 11.9. The maximum absolute atomic E-state index is 12.3. The number of nitrogens with one attached hydrogen (secondary N) is 2. The second-order valence-corrected chi connectivity index (χ2v) is 4.76. The van der Waals surface area contributed by atoms with Crippen molar-refractivity contribution in [2.24, 2.45) is 10.9 Å². The molecule has 8 heteroatoms. The Morgan fingerprint density at radius 3 is 2.57 bits per heavy atom. The Balaban J connectivity index is 2.24. The molecular weight excluding hydrogens is 272 g/mol. The first-order valence-corrected chi connectivity index (χ1v) is 6.52. The molecule has 1 aromatic rings. The van der Waals surface area contributed by atoms with Crippen molar-refractivity contribution in [3.8, 4) is 0 Å². The Hall–Kier alpha value is -2.45. The van der Waals surface area contributed by atoms with Crippen molar-refractivity contribution in [3.05, 3.63) is 35.9 Å². The largest absolute Gasteiger partial charge is 0.351 e. The van der Waals surface area contributed by atoms with Crippen molar-refractivity contribution in [2.75, 3.05) is 0 Å². The van der Waals surface area contributed by atoms with E-state index < -0.39 is 18.4 Å². The van der Waals surface area contributed by atoms with Crippen molar-refractivity contribution >= 4 is 18.3 Å². The van der Waals surface area contributed by atoms with Crippen LogP contribution in [-0.4, -0.2) is 40.5 Å². The van der Waals surface area contributed by atoms with E-state index in [1.165, 1.54) is 6.21 Å². The minimum Gasteiger partial charge on any atom is -0.302 e. The van der Waals surface area contributed by atoms with Crippen LogP contribution in [0.15, 0.2) is 35.4 Å². The normalized spacial score (nSPS) is 19.5. The van der Waals surface area contributed by atoms with Crippen LogP contribution in [0.2, 0.25) is 0 Å². The summed E-state index contributed by atoms with van der Waals surface area (Å²) >= 11 is 0. The lowest BCUT2D eigenvalue weighted by atomic mass is 10.2. The van der Waals surface area contributed by atoms with Gasteiger partial charge in [0.2, 0.25) is 0 Å². The first-order valence-electron chi connectivity index (χ1n) is 6.52. The number of rotatable bonds is 4. The average molecular weight is 290 g/mol. The van der Waals surface area contributed by atoms with Crippen LogP contribution in [0, 0.1) is 0 Å². The van der Waals surface area contributed by atoms with Crippen LogP contribution in [-0.2, 0) is 0 Å². The number of nitrogens with two attached hydrogens (primary N) is 1. The lowest BCUT2D eigenvalue weighted by Crippen LogP contribution is -2.69. The summed E-state index contributed by atoms with van der Waals surface area (Å²) < 4.78 is 0. The van der Waals surface area contributed by atoms with Gasteiger partial charge in [0.05, 0.1) is 6.21 Å². The Bertz CT molecular complexity index is 545. The van der Waals surface area contributed by atoms with E-state index in [1.54, 1.807) is 13.8 Å². The summed E-state index contributed by atoms with van der Waals surface area (Å²) in [7, 11) is 0. The topological polar surface area (TPSA) is 103 Å². The lowest BCUT2D eigenvalue weighted by molar-refractivity contribution is 0.0838. The van der Waals surface area contributed by atoms with Gasteiger partial charge >= 0.3 is 12.1 Å².